The molecule has 0 aliphatic rings. The summed E-state index contributed by atoms with van der Waals surface area (Å²) in [6.45, 7) is -0.492. The van der Waals surface area contributed by atoms with Gasteiger partial charge in [0.15, 0.2) is 6.61 Å². The fourth-order valence-corrected chi connectivity index (χ4v) is 2.60. The zero-order valence-electron chi connectivity index (χ0n) is 16.8. The summed E-state index contributed by atoms with van der Waals surface area (Å²) in [5.41, 5.74) is 5.31. The number of hydrogen-bond donors (Lipinski definition) is 3. The molecule has 0 radical (unpaired) electrons. The van der Waals surface area contributed by atoms with Gasteiger partial charge in [-0.15, -0.1) is 0 Å². The average Bonchev–Trinajstić information content (AvgIpc) is 2.77. The molecule has 0 saturated carbocycles. The first-order valence-electron chi connectivity index (χ1n) is 9.32. The van der Waals surface area contributed by atoms with E-state index in [4.69, 9.17) is 21.1 Å². The SMILES string of the molecule is COc1ccc(Cl)cc1NC(=O)COC(=O)CCCC(=O)NNC(=O)c1ccccc1. The fraction of sp³-hybridized carbons (Fsp3) is 0.238. The summed E-state index contributed by atoms with van der Waals surface area (Å²) in [6.07, 6.45) is 0.125. The Balaban J connectivity index is 1.63. The van der Waals surface area contributed by atoms with Crippen LogP contribution in [0.25, 0.3) is 0 Å². The number of benzene rings is 2. The number of carbonyl (C=O) groups excluding carboxylic acids is 4. The van der Waals surface area contributed by atoms with Gasteiger partial charge < -0.3 is 14.8 Å². The van der Waals surface area contributed by atoms with Crippen molar-refractivity contribution in [1.82, 2.24) is 10.9 Å². The van der Waals surface area contributed by atoms with Crippen molar-refractivity contribution in [3.63, 3.8) is 0 Å². The molecule has 9 nitrogen and oxygen atoms in total. The summed E-state index contributed by atoms with van der Waals surface area (Å²) < 4.78 is 10.0. The van der Waals surface area contributed by atoms with Crippen LogP contribution in [0.5, 0.6) is 5.75 Å². The van der Waals surface area contributed by atoms with Crippen LogP contribution in [0, 0.1) is 0 Å². The van der Waals surface area contributed by atoms with Gasteiger partial charge in [0.05, 0.1) is 12.8 Å². The molecular formula is C21H22ClN3O6. The summed E-state index contributed by atoms with van der Waals surface area (Å²) in [7, 11) is 1.45. The van der Waals surface area contributed by atoms with E-state index in [-0.39, 0.29) is 19.3 Å². The van der Waals surface area contributed by atoms with Gasteiger partial charge in [-0.05, 0) is 36.8 Å². The number of halogens is 1. The Bertz CT molecular complexity index is 936. The van der Waals surface area contributed by atoms with Crippen molar-refractivity contribution in [1.29, 1.82) is 0 Å². The predicted molar refractivity (Wildman–Crippen MR) is 113 cm³/mol. The van der Waals surface area contributed by atoms with E-state index >= 15 is 0 Å². The molecule has 2 aromatic rings. The zero-order valence-corrected chi connectivity index (χ0v) is 17.5. The van der Waals surface area contributed by atoms with Crippen molar-refractivity contribution in [2.45, 2.75) is 19.3 Å². The normalized spacial score (nSPS) is 10.0. The molecule has 3 amide bonds. The molecule has 0 aliphatic heterocycles. The largest absolute Gasteiger partial charge is 0.495 e. The lowest BCUT2D eigenvalue weighted by molar-refractivity contribution is -0.147. The van der Waals surface area contributed by atoms with Crippen LogP contribution < -0.4 is 20.9 Å². The molecule has 0 heterocycles. The molecule has 0 aromatic heterocycles. The van der Waals surface area contributed by atoms with Crippen molar-refractivity contribution < 1.29 is 28.7 Å². The first-order chi connectivity index (χ1) is 14.9. The molecule has 0 bridgehead atoms. The minimum absolute atomic E-state index is 0.00389. The van der Waals surface area contributed by atoms with Crippen LogP contribution >= 0.6 is 11.6 Å². The van der Waals surface area contributed by atoms with Crippen LogP contribution in [0.15, 0.2) is 48.5 Å². The number of rotatable bonds is 9. The Morgan fingerprint density at radius 2 is 1.68 bits per heavy atom. The highest BCUT2D eigenvalue weighted by Gasteiger charge is 2.12. The van der Waals surface area contributed by atoms with Crippen LogP contribution in [0.3, 0.4) is 0 Å². The molecule has 31 heavy (non-hydrogen) atoms. The van der Waals surface area contributed by atoms with Gasteiger partial charge in [-0.2, -0.15) is 0 Å². The monoisotopic (exact) mass is 447 g/mol. The molecule has 10 heteroatoms. The van der Waals surface area contributed by atoms with Crippen LogP contribution in [-0.2, 0) is 19.1 Å². The third kappa shape index (κ3) is 8.35. The minimum Gasteiger partial charge on any atom is -0.495 e. The van der Waals surface area contributed by atoms with Crippen molar-refractivity contribution in [3.05, 3.63) is 59.1 Å². The maximum atomic E-state index is 12.0. The average molecular weight is 448 g/mol. The van der Waals surface area contributed by atoms with E-state index in [2.05, 4.69) is 16.2 Å². The van der Waals surface area contributed by atoms with E-state index in [1.807, 2.05) is 0 Å². The van der Waals surface area contributed by atoms with Crippen molar-refractivity contribution in [2.24, 2.45) is 0 Å². The third-order valence-electron chi connectivity index (χ3n) is 3.94. The first kappa shape index (κ1) is 23.7. The number of methoxy groups -OCH3 is 1. The maximum absolute atomic E-state index is 12.0. The van der Waals surface area contributed by atoms with Gasteiger partial charge in [-0.25, -0.2) is 0 Å². The summed E-state index contributed by atoms with van der Waals surface area (Å²) in [5, 5.41) is 2.95. The molecule has 0 spiro atoms. The number of esters is 1. The highest BCUT2D eigenvalue weighted by atomic mass is 35.5. The third-order valence-corrected chi connectivity index (χ3v) is 4.17. The Hall–Kier alpha value is -3.59. The van der Waals surface area contributed by atoms with E-state index < -0.39 is 30.3 Å². The molecule has 3 N–H and O–H groups in total. The van der Waals surface area contributed by atoms with Gasteiger partial charge >= 0.3 is 5.97 Å². The number of carbonyl (C=O) groups is 4. The summed E-state index contributed by atoms with van der Waals surface area (Å²) in [6, 6.07) is 13.1. The Morgan fingerprint density at radius 3 is 2.39 bits per heavy atom. The molecule has 2 rings (SSSR count). The molecule has 0 aliphatic carbocycles. The van der Waals surface area contributed by atoms with Crippen molar-refractivity contribution in [2.75, 3.05) is 19.0 Å². The molecule has 164 valence electrons. The van der Waals surface area contributed by atoms with Gasteiger partial charge in [0.1, 0.15) is 5.75 Å². The molecule has 0 unspecified atom stereocenters. The lowest BCUT2D eigenvalue weighted by atomic mass is 10.2. The number of nitrogens with one attached hydrogen (secondary N) is 3. The summed E-state index contributed by atoms with van der Waals surface area (Å²) in [4.78, 5) is 47.3. The molecule has 0 saturated heterocycles. The Morgan fingerprint density at radius 1 is 0.935 bits per heavy atom. The van der Waals surface area contributed by atoms with E-state index in [0.29, 0.717) is 22.0 Å². The van der Waals surface area contributed by atoms with Gasteiger partial charge in [-0.1, -0.05) is 29.8 Å². The van der Waals surface area contributed by atoms with Gasteiger partial charge in [0.2, 0.25) is 5.91 Å². The number of anilines is 1. The quantitative estimate of drug-likeness (QED) is 0.401. The van der Waals surface area contributed by atoms with E-state index in [1.165, 1.54) is 13.2 Å². The standard InChI is InChI=1S/C21H22ClN3O6/c1-30-17-11-10-15(22)12-16(17)23-19(27)13-31-20(28)9-5-8-18(26)24-25-21(29)14-6-3-2-4-7-14/h2-4,6-7,10-12H,5,8-9,13H2,1H3,(H,23,27)(H,24,26)(H,25,29). The molecule has 0 atom stereocenters. The molecular weight excluding hydrogens is 426 g/mol. The summed E-state index contributed by atoms with van der Waals surface area (Å²) in [5.74, 6) is -1.68. The number of hydrogen-bond acceptors (Lipinski definition) is 6. The number of amides is 3. The summed E-state index contributed by atoms with van der Waals surface area (Å²) >= 11 is 5.89. The smallest absolute Gasteiger partial charge is 0.306 e. The van der Waals surface area contributed by atoms with E-state index in [1.54, 1.807) is 42.5 Å². The van der Waals surface area contributed by atoms with Crippen molar-refractivity contribution >= 4 is 41.0 Å². The highest BCUT2D eigenvalue weighted by molar-refractivity contribution is 6.31. The van der Waals surface area contributed by atoms with Crippen molar-refractivity contribution in [3.8, 4) is 5.75 Å². The zero-order chi connectivity index (χ0) is 22.6. The second-order valence-corrected chi connectivity index (χ2v) is 6.71. The Labute approximate surface area is 184 Å². The van der Waals surface area contributed by atoms with E-state index in [9.17, 15) is 19.2 Å². The number of ether oxygens (including phenoxy) is 2. The van der Waals surface area contributed by atoms with Gasteiger partial charge in [0, 0.05) is 23.4 Å². The fourth-order valence-electron chi connectivity index (χ4n) is 2.43. The van der Waals surface area contributed by atoms with Gasteiger partial charge in [0.25, 0.3) is 11.8 Å². The Kier molecular flexibility index (Phi) is 9.31. The first-order valence-corrected chi connectivity index (χ1v) is 9.70. The van der Waals surface area contributed by atoms with Crippen LogP contribution in [0.1, 0.15) is 29.6 Å². The second-order valence-electron chi connectivity index (χ2n) is 6.28. The number of hydrazine groups is 1. The second kappa shape index (κ2) is 12.2. The molecule has 0 fully saturated rings. The topological polar surface area (TPSA) is 123 Å². The lowest BCUT2D eigenvalue weighted by Gasteiger charge is -2.11. The highest BCUT2D eigenvalue weighted by Crippen LogP contribution is 2.27. The van der Waals surface area contributed by atoms with Crippen LogP contribution in [0.2, 0.25) is 5.02 Å². The van der Waals surface area contributed by atoms with E-state index in [0.717, 1.165) is 0 Å². The van der Waals surface area contributed by atoms with Crippen LogP contribution in [-0.4, -0.2) is 37.4 Å². The van der Waals surface area contributed by atoms with Crippen LogP contribution in [0.4, 0.5) is 5.69 Å². The predicted octanol–water partition coefficient (Wildman–Crippen LogP) is 2.46. The van der Waals surface area contributed by atoms with Gasteiger partial charge in [-0.3, -0.25) is 30.0 Å². The maximum Gasteiger partial charge on any atom is 0.306 e. The minimum atomic E-state index is -0.630. The molecule has 2 aromatic carbocycles. The lowest BCUT2D eigenvalue weighted by Crippen LogP contribution is -2.41.